The standard InChI is InChI=1S/C21H20F3N3O/c1-3-15-7-9-17(10-8-15)20(28)25-19-11-14(2)27(26-19)13-16-5-4-6-18(12-16)21(22,23)24/h4-12H,3,13H2,1-2H3,(H,25,26,28). The summed E-state index contributed by atoms with van der Waals surface area (Å²) in [5, 5.41) is 7.03. The van der Waals surface area contributed by atoms with Crippen molar-refractivity contribution >= 4 is 11.7 Å². The number of aromatic nitrogens is 2. The first kappa shape index (κ1) is 19.7. The van der Waals surface area contributed by atoms with Crippen molar-refractivity contribution in [2.75, 3.05) is 5.32 Å². The van der Waals surface area contributed by atoms with Crippen LogP contribution in [0.15, 0.2) is 54.6 Å². The van der Waals surface area contributed by atoms with Gasteiger partial charge in [-0.2, -0.15) is 18.3 Å². The molecule has 1 heterocycles. The summed E-state index contributed by atoms with van der Waals surface area (Å²) in [7, 11) is 0. The van der Waals surface area contributed by atoms with Crippen LogP contribution in [0, 0.1) is 6.92 Å². The van der Waals surface area contributed by atoms with Gasteiger partial charge in [0.15, 0.2) is 5.82 Å². The largest absolute Gasteiger partial charge is 0.416 e. The number of rotatable bonds is 5. The highest BCUT2D eigenvalue weighted by Gasteiger charge is 2.30. The van der Waals surface area contributed by atoms with Crippen molar-refractivity contribution in [3.63, 3.8) is 0 Å². The molecule has 0 aliphatic rings. The summed E-state index contributed by atoms with van der Waals surface area (Å²) < 4.78 is 40.2. The number of hydrogen-bond acceptors (Lipinski definition) is 2. The zero-order chi connectivity index (χ0) is 20.3. The molecule has 0 radical (unpaired) electrons. The first-order chi connectivity index (χ1) is 13.3. The zero-order valence-electron chi connectivity index (χ0n) is 15.5. The van der Waals surface area contributed by atoms with Crippen molar-refractivity contribution in [3.8, 4) is 0 Å². The quantitative estimate of drug-likeness (QED) is 0.664. The van der Waals surface area contributed by atoms with E-state index in [0.717, 1.165) is 29.8 Å². The van der Waals surface area contributed by atoms with Gasteiger partial charge in [-0.25, -0.2) is 0 Å². The minimum Gasteiger partial charge on any atom is -0.305 e. The summed E-state index contributed by atoms with van der Waals surface area (Å²) in [6, 6.07) is 14.1. The lowest BCUT2D eigenvalue weighted by atomic mass is 10.1. The number of carbonyl (C=O) groups is 1. The van der Waals surface area contributed by atoms with Crippen LogP contribution in [-0.4, -0.2) is 15.7 Å². The molecule has 0 bridgehead atoms. The van der Waals surface area contributed by atoms with E-state index in [-0.39, 0.29) is 12.5 Å². The molecule has 0 aliphatic heterocycles. The number of anilines is 1. The molecule has 0 saturated carbocycles. The molecule has 1 amide bonds. The molecule has 3 rings (SSSR count). The number of hydrogen-bond donors (Lipinski definition) is 1. The fourth-order valence-corrected chi connectivity index (χ4v) is 2.83. The molecule has 4 nitrogen and oxygen atoms in total. The molecule has 0 unspecified atom stereocenters. The molecule has 1 aromatic heterocycles. The van der Waals surface area contributed by atoms with Crippen molar-refractivity contribution < 1.29 is 18.0 Å². The molecule has 28 heavy (non-hydrogen) atoms. The van der Waals surface area contributed by atoms with Crippen molar-refractivity contribution in [2.45, 2.75) is 33.0 Å². The van der Waals surface area contributed by atoms with Crippen LogP contribution in [0.4, 0.5) is 19.0 Å². The lowest BCUT2D eigenvalue weighted by Crippen LogP contribution is -2.13. The number of carbonyl (C=O) groups excluding carboxylic acids is 1. The fraction of sp³-hybridized carbons (Fsp3) is 0.238. The average Bonchev–Trinajstić information content (AvgIpc) is 3.00. The summed E-state index contributed by atoms with van der Waals surface area (Å²) >= 11 is 0. The van der Waals surface area contributed by atoms with Crippen LogP contribution in [-0.2, 0) is 19.1 Å². The molecular formula is C21H20F3N3O. The predicted octanol–water partition coefficient (Wildman–Crippen LogP) is 5.07. The van der Waals surface area contributed by atoms with E-state index in [9.17, 15) is 18.0 Å². The zero-order valence-corrected chi connectivity index (χ0v) is 15.5. The predicted molar refractivity (Wildman–Crippen MR) is 101 cm³/mol. The van der Waals surface area contributed by atoms with Crippen LogP contribution >= 0.6 is 0 Å². The molecule has 3 aromatic rings. The number of benzene rings is 2. The second kappa shape index (κ2) is 7.88. The maximum absolute atomic E-state index is 12.9. The number of nitrogens with zero attached hydrogens (tertiary/aromatic N) is 2. The molecule has 0 saturated heterocycles. The minimum atomic E-state index is -4.39. The van der Waals surface area contributed by atoms with Crippen LogP contribution in [0.25, 0.3) is 0 Å². The van der Waals surface area contributed by atoms with Crippen molar-refractivity contribution in [3.05, 3.63) is 82.5 Å². The second-order valence-corrected chi connectivity index (χ2v) is 6.53. The Bertz CT molecular complexity index is 975. The number of halogens is 3. The van der Waals surface area contributed by atoms with Gasteiger partial charge in [-0.05, 0) is 48.7 Å². The van der Waals surface area contributed by atoms with E-state index < -0.39 is 11.7 Å². The van der Waals surface area contributed by atoms with Gasteiger partial charge in [-0.15, -0.1) is 0 Å². The van der Waals surface area contributed by atoms with E-state index >= 15 is 0 Å². The second-order valence-electron chi connectivity index (χ2n) is 6.53. The van der Waals surface area contributed by atoms with E-state index in [1.807, 2.05) is 19.1 Å². The Morgan fingerprint density at radius 1 is 1.07 bits per heavy atom. The summed E-state index contributed by atoms with van der Waals surface area (Å²) in [5.41, 5.74) is 2.17. The van der Waals surface area contributed by atoms with Gasteiger partial charge >= 0.3 is 6.18 Å². The molecule has 1 N–H and O–H groups in total. The van der Waals surface area contributed by atoms with Gasteiger partial charge in [0.25, 0.3) is 5.91 Å². The van der Waals surface area contributed by atoms with Gasteiger partial charge in [0.05, 0.1) is 12.1 Å². The molecule has 0 aliphatic carbocycles. The average molecular weight is 387 g/mol. The van der Waals surface area contributed by atoms with Gasteiger partial charge in [0, 0.05) is 17.3 Å². The molecule has 7 heteroatoms. The lowest BCUT2D eigenvalue weighted by Gasteiger charge is -2.09. The fourth-order valence-electron chi connectivity index (χ4n) is 2.83. The maximum atomic E-state index is 12.9. The van der Waals surface area contributed by atoms with Gasteiger partial charge in [-0.3, -0.25) is 9.48 Å². The number of amides is 1. The lowest BCUT2D eigenvalue weighted by molar-refractivity contribution is -0.137. The monoisotopic (exact) mass is 387 g/mol. The molecule has 0 fully saturated rings. The van der Waals surface area contributed by atoms with Crippen LogP contribution in [0.5, 0.6) is 0 Å². The Kier molecular flexibility index (Phi) is 5.53. The Labute approximate surface area is 161 Å². The van der Waals surface area contributed by atoms with E-state index in [4.69, 9.17) is 0 Å². The highest BCUT2D eigenvalue weighted by Crippen LogP contribution is 2.29. The topological polar surface area (TPSA) is 46.9 Å². The van der Waals surface area contributed by atoms with E-state index in [1.54, 1.807) is 35.9 Å². The third-order valence-corrected chi connectivity index (χ3v) is 4.43. The maximum Gasteiger partial charge on any atom is 0.416 e. The molecule has 146 valence electrons. The van der Waals surface area contributed by atoms with Crippen molar-refractivity contribution in [2.24, 2.45) is 0 Å². The molecule has 0 atom stereocenters. The van der Waals surface area contributed by atoms with Gasteiger partial charge in [-0.1, -0.05) is 31.2 Å². The van der Waals surface area contributed by atoms with Crippen molar-refractivity contribution in [1.82, 2.24) is 9.78 Å². The Morgan fingerprint density at radius 2 is 1.79 bits per heavy atom. The van der Waals surface area contributed by atoms with Gasteiger partial charge in [0.1, 0.15) is 0 Å². The number of alkyl halides is 3. The number of nitrogens with one attached hydrogen (secondary N) is 1. The Balaban J connectivity index is 1.73. The highest BCUT2D eigenvalue weighted by atomic mass is 19.4. The van der Waals surface area contributed by atoms with Crippen LogP contribution in [0.2, 0.25) is 0 Å². The van der Waals surface area contributed by atoms with Crippen molar-refractivity contribution in [1.29, 1.82) is 0 Å². The first-order valence-electron chi connectivity index (χ1n) is 8.87. The summed E-state index contributed by atoms with van der Waals surface area (Å²) in [6.45, 7) is 4.00. The van der Waals surface area contributed by atoms with E-state index in [2.05, 4.69) is 10.4 Å². The van der Waals surface area contributed by atoms with E-state index in [1.165, 1.54) is 6.07 Å². The minimum absolute atomic E-state index is 0.177. The molecule has 2 aromatic carbocycles. The number of aryl methyl sites for hydroxylation is 2. The third kappa shape index (κ3) is 4.60. The molecular weight excluding hydrogens is 367 g/mol. The normalized spacial score (nSPS) is 11.5. The SMILES string of the molecule is CCc1ccc(C(=O)Nc2cc(C)n(Cc3cccc(C(F)(F)F)c3)n2)cc1. The Morgan fingerprint density at radius 3 is 2.43 bits per heavy atom. The highest BCUT2D eigenvalue weighted by molar-refractivity contribution is 6.03. The van der Waals surface area contributed by atoms with E-state index in [0.29, 0.717) is 16.9 Å². The van der Waals surface area contributed by atoms with Crippen LogP contribution in [0.3, 0.4) is 0 Å². The summed E-state index contributed by atoms with van der Waals surface area (Å²) in [4.78, 5) is 12.4. The first-order valence-corrected chi connectivity index (χ1v) is 8.87. The Hall–Kier alpha value is -3.09. The van der Waals surface area contributed by atoms with Gasteiger partial charge in [0.2, 0.25) is 0 Å². The smallest absolute Gasteiger partial charge is 0.305 e. The van der Waals surface area contributed by atoms with Crippen LogP contribution < -0.4 is 5.32 Å². The summed E-state index contributed by atoms with van der Waals surface area (Å²) in [6.07, 6.45) is -3.50. The van der Waals surface area contributed by atoms with Gasteiger partial charge < -0.3 is 5.32 Å². The molecule has 0 spiro atoms. The van der Waals surface area contributed by atoms with Crippen LogP contribution in [0.1, 0.15) is 39.7 Å². The summed E-state index contributed by atoms with van der Waals surface area (Å²) in [5.74, 6) is 0.0698. The third-order valence-electron chi connectivity index (χ3n) is 4.43.